The number of aromatic hydroxyl groups is 1. The van der Waals surface area contributed by atoms with Gasteiger partial charge in [0.25, 0.3) is 11.5 Å². The standard InChI is InChI=1S/C21H15F4N3O5/c22-11-5-6-12-17-15(11)18(31)16(19(32)26-7-14(29)30)20(33)28(17)8-13(27-12)9-1-3-10(4-2-9)21(23,24)25/h1-6,13,27,31H,7-8H2,(H,26,32)(H,29,30). The molecule has 0 radical (unpaired) electrons. The number of nitrogens with one attached hydrogen (secondary N) is 2. The molecule has 1 aliphatic rings. The third kappa shape index (κ3) is 3.83. The molecular weight excluding hydrogens is 450 g/mol. The van der Waals surface area contributed by atoms with Crippen molar-refractivity contribution in [1.29, 1.82) is 0 Å². The number of hydrogen-bond acceptors (Lipinski definition) is 5. The van der Waals surface area contributed by atoms with Crippen LogP contribution in [0, 0.1) is 5.82 Å². The molecule has 0 saturated carbocycles. The third-order valence-electron chi connectivity index (χ3n) is 5.29. The van der Waals surface area contributed by atoms with E-state index >= 15 is 0 Å². The number of rotatable bonds is 4. The van der Waals surface area contributed by atoms with Crippen LogP contribution >= 0.6 is 0 Å². The van der Waals surface area contributed by atoms with Crippen LogP contribution in [0.1, 0.15) is 27.5 Å². The first-order valence-electron chi connectivity index (χ1n) is 9.50. The van der Waals surface area contributed by atoms with E-state index in [1.165, 1.54) is 18.2 Å². The van der Waals surface area contributed by atoms with Crippen LogP contribution < -0.4 is 16.2 Å². The average Bonchev–Trinajstić information content (AvgIpc) is 2.75. The summed E-state index contributed by atoms with van der Waals surface area (Å²) in [6.45, 7) is -1.04. The van der Waals surface area contributed by atoms with Gasteiger partial charge in [0.05, 0.1) is 34.7 Å². The van der Waals surface area contributed by atoms with Gasteiger partial charge < -0.3 is 25.4 Å². The van der Waals surface area contributed by atoms with E-state index in [1.807, 2.05) is 5.32 Å². The minimum absolute atomic E-state index is 0.0320. The maximum Gasteiger partial charge on any atom is 0.416 e. The van der Waals surface area contributed by atoms with Crippen LogP contribution in [-0.4, -0.2) is 33.2 Å². The number of carboxylic acid groups (broad SMARTS) is 1. The van der Waals surface area contributed by atoms with Crippen LogP contribution in [0.3, 0.4) is 0 Å². The number of amides is 1. The summed E-state index contributed by atoms with van der Waals surface area (Å²) >= 11 is 0. The molecule has 172 valence electrons. The molecule has 33 heavy (non-hydrogen) atoms. The van der Waals surface area contributed by atoms with Gasteiger partial charge in [0.15, 0.2) is 0 Å². The molecule has 0 fully saturated rings. The van der Waals surface area contributed by atoms with Crippen molar-refractivity contribution in [3.8, 4) is 5.75 Å². The molecule has 2 aromatic carbocycles. The summed E-state index contributed by atoms with van der Waals surface area (Å²) in [5, 5.41) is 23.8. The van der Waals surface area contributed by atoms with Crippen LogP contribution in [0.2, 0.25) is 0 Å². The van der Waals surface area contributed by atoms with Gasteiger partial charge in [-0.1, -0.05) is 12.1 Å². The van der Waals surface area contributed by atoms with Crippen molar-refractivity contribution in [3.05, 3.63) is 69.3 Å². The lowest BCUT2D eigenvalue weighted by Gasteiger charge is -2.30. The third-order valence-corrected chi connectivity index (χ3v) is 5.29. The molecule has 0 spiro atoms. The molecule has 0 aliphatic carbocycles. The molecular formula is C21H15F4N3O5. The number of nitrogens with zero attached hydrogens (tertiary/aromatic N) is 1. The van der Waals surface area contributed by atoms with Crippen LogP contribution in [-0.2, 0) is 17.5 Å². The molecule has 0 saturated heterocycles. The SMILES string of the molecule is O=C(O)CNC(=O)c1c(O)c2c(F)ccc3c2n(c1=O)CC(c1ccc(C(F)(F)F)cc1)N3. The molecule has 1 aromatic heterocycles. The molecule has 1 aliphatic heterocycles. The van der Waals surface area contributed by atoms with Gasteiger partial charge in [0.2, 0.25) is 0 Å². The Morgan fingerprint density at radius 1 is 1.15 bits per heavy atom. The van der Waals surface area contributed by atoms with Crippen molar-refractivity contribution in [2.45, 2.75) is 18.8 Å². The van der Waals surface area contributed by atoms with Gasteiger partial charge in [0.1, 0.15) is 23.7 Å². The second-order valence-electron chi connectivity index (χ2n) is 7.35. The van der Waals surface area contributed by atoms with Crippen LogP contribution in [0.4, 0.5) is 23.2 Å². The van der Waals surface area contributed by atoms with Crippen molar-refractivity contribution in [2.75, 3.05) is 11.9 Å². The van der Waals surface area contributed by atoms with Gasteiger partial charge in [-0.3, -0.25) is 14.4 Å². The van der Waals surface area contributed by atoms with Gasteiger partial charge in [-0.15, -0.1) is 0 Å². The zero-order chi connectivity index (χ0) is 24.1. The van der Waals surface area contributed by atoms with E-state index in [0.29, 0.717) is 5.56 Å². The van der Waals surface area contributed by atoms with Crippen LogP contribution in [0.25, 0.3) is 10.9 Å². The number of pyridine rings is 1. The molecule has 8 nitrogen and oxygen atoms in total. The zero-order valence-corrected chi connectivity index (χ0v) is 16.5. The minimum Gasteiger partial charge on any atom is -0.506 e. The summed E-state index contributed by atoms with van der Waals surface area (Å²) in [4.78, 5) is 36.2. The first-order chi connectivity index (χ1) is 15.5. The normalized spacial score (nSPS) is 15.2. The highest BCUT2D eigenvalue weighted by Gasteiger charge is 2.32. The zero-order valence-electron chi connectivity index (χ0n) is 16.5. The minimum atomic E-state index is -4.53. The Balaban J connectivity index is 1.83. The number of carboxylic acids is 1. The largest absolute Gasteiger partial charge is 0.506 e. The Bertz CT molecular complexity index is 1350. The fraction of sp³-hybridized carbons (Fsp3) is 0.190. The van der Waals surface area contributed by atoms with Gasteiger partial charge in [-0.25, -0.2) is 4.39 Å². The van der Waals surface area contributed by atoms with Crippen molar-refractivity contribution < 1.29 is 37.4 Å². The Hall–Kier alpha value is -4.09. The first-order valence-corrected chi connectivity index (χ1v) is 9.50. The van der Waals surface area contributed by atoms with E-state index in [1.54, 1.807) is 0 Å². The summed E-state index contributed by atoms with van der Waals surface area (Å²) in [5.41, 5.74) is -2.13. The lowest BCUT2D eigenvalue weighted by molar-refractivity contribution is -0.138. The molecule has 2 heterocycles. The van der Waals surface area contributed by atoms with Crippen molar-refractivity contribution in [3.63, 3.8) is 0 Å². The van der Waals surface area contributed by atoms with Crippen LogP contribution in [0.5, 0.6) is 5.75 Å². The van der Waals surface area contributed by atoms with Crippen molar-refractivity contribution in [2.24, 2.45) is 0 Å². The van der Waals surface area contributed by atoms with E-state index in [-0.39, 0.29) is 17.7 Å². The van der Waals surface area contributed by atoms with Crippen molar-refractivity contribution >= 4 is 28.5 Å². The van der Waals surface area contributed by atoms with Crippen molar-refractivity contribution in [1.82, 2.24) is 9.88 Å². The number of aromatic nitrogens is 1. The molecule has 1 unspecified atom stereocenters. The number of alkyl halides is 3. The number of benzene rings is 2. The second kappa shape index (κ2) is 7.80. The summed E-state index contributed by atoms with van der Waals surface area (Å²) in [7, 11) is 0. The number of carbonyl (C=O) groups is 2. The summed E-state index contributed by atoms with van der Waals surface area (Å²) < 4.78 is 54.3. The second-order valence-corrected chi connectivity index (χ2v) is 7.35. The summed E-state index contributed by atoms with van der Waals surface area (Å²) in [6, 6.07) is 5.82. The van der Waals surface area contributed by atoms with E-state index in [9.17, 15) is 37.1 Å². The fourth-order valence-corrected chi connectivity index (χ4v) is 3.78. The maximum atomic E-state index is 14.6. The van der Waals surface area contributed by atoms with Gasteiger partial charge in [0, 0.05) is 0 Å². The Kier molecular flexibility index (Phi) is 5.23. The topological polar surface area (TPSA) is 121 Å². The number of aliphatic carboxylic acids is 1. The van der Waals surface area contributed by atoms with Gasteiger partial charge in [-0.2, -0.15) is 13.2 Å². The predicted molar refractivity (Wildman–Crippen MR) is 108 cm³/mol. The molecule has 0 bridgehead atoms. The monoisotopic (exact) mass is 465 g/mol. The summed E-state index contributed by atoms with van der Waals surface area (Å²) in [6.07, 6.45) is -4.53. The Morgan fingerprint density at radius 3 is 2.42 bits per heavy atom. The lowest BCUT2D eigenvalue weighted by Crippen LogP contribution is -2.38. The van der Waals surface area contributed by atoms with Crippen LogP contribution in [0.15, 0.2) is 41.2 Å². The highest BCUT2D eigenvalue weighted by Crippen LogP contribution is 2.39. The van der Waals surface area contributed by atoms with E-state index in [2.05, 4.69) is 5.32 Å². The first kappa shape index (κ1) is 22.1. The number of halogens is 4. The van der Waals surface area contributed by atoms with Gasteiger partial charge in [-0.05, 0) is 29.8 Å². The molecule has 12 heteroatoms. The highest BCUT2D eigenvalue weighted by atomic mass is 19.4. The molecule has 4 rings (SSSR count). The Morgan fingerprint density at radius 2 is 1.82 bits per heavy atom. The van der Waals surface area contributed by atoms with Gasteiger partial charge >= 0.3 is 12.1 Å². The molecule has 1 atom stereocenters. The lowest BCUT2D eigenvalue weighted by atomic mass is 9.99. The average molecular weight is 465 g/mol. The number of carbonyl (C=O) groups excluding carboxylic acids is 1. The maximum absolute atomic E-state index is 14.6. The highest BCUT2D eigenvalue weighted by molar-refractivity contribution is 6.05. The smallest absolute Gasteiger partial charge is 0.416 e. The number of anilines is 1. The van der Waals surface area contributed by atoms with E-state index < -0.39 is 64.3 Å². The predicted octanol–water partition coefficient (Wildman–Crippen LogP) is 2.85. The van der Waals surface area contributed by atoms with E-state index in [0.717, 1.165) is 22.8 Å². The quantitative estimate of drug-likeness (QED) is 0.440. The Labute approximate surface area is 182 Å². The molecule has 4 N–H and O–H groups in total. The molecule has 1 amide bonds. The molecule has 3 aromatic rings. The fourth-order valence-electron chi connectivity index (χ4n) is 3.78. The van der Waals surface area contributed by atoms with E-state index in [4.69, 9.17) is 5.11 Å². The summed E-state index contributed by atoms with van der Waals surface area (Å²) in [5.74, 6) is -4.48. The number of hydrogen-bond donors (Lipinski definition) is 4.